The van der Waals surface area contributed by atoms with Gasteiger partial charge in [-0.15, -0.1) is 0 Å². The van der Waals surface area contributed by atoms with E-state index in [4.69, 9.17) is 0 Å². The number of rotatable bonds is 5. The van der Waals surface area contributed by atoms with Gasteiger partial charge >= 0.3 is 0 Å². The minimum absolute atomic E-state index is 0.101. The largest absolute Gasteiger partial charge is 0.324 e. The average molecular weight is 361 g/mol. The second-order valence-corrected chi connectivity index (χ2v) is 6.55. The van der Waals surface area contributed by atoms with Crippen molar-refractivity contribution in [2.24, 2.45) is 0 Å². The maximum Gasteiger partial charge on any atom is 0.255 e. The fraction of sp³-hybridized carbons (Fsp3) is 0.200. The topological polar surface area (TPSA) is 80.1 Å². The maximum absolute atomic E-state index is 12.6. The van der Waals surface area contributed by atoms with E-state index in [1.807, 2.05) is 42.5 Å². The van der Waals surface area contributed by atoms with E-state index in [0.717, 1.165) is 11.1 Å². The minimum Gasteiger partial charge on any atom is -0.324 e. The SMILES string of the molecule is C[C@@H](C(=O)Nc1ccc(Cn2cncn2)cc1)N1Cc2ccccc2C1=O. The standard InChI is InChI=1S/C20H19N5O2/c1-14(25-11-16-4-2-3-5-18(16)20(25)27)19(26)23-17-8-6-15(7-9-17)10-24-13-21-12-22-24/h2-9,12-14H,10-11H2,1H3,(H,23,26)/t14-/m0/s1. The molecule has 1 aromatic heterocycles. The predicted octanol–water partition coefficient (Wildman–Crippen LogP) is 2.31. The number of benzene rings is 2. The van der Waals surface area contributed by atoms with Crippen LogP contribution in [0.4, 0.5) is 5.69 Å². The van der Waals surface area contributed by atoms with Gasteiger partial charge in [0, 0.05) is 17.8 Å². The van der Waals surface area contributed by atoms with Crippen molar-refractivity contribution in [2.45, 2.75) is 26.1 Å². The highest BCUT2D eigenvalue weighted by Crippen LogP contribution is 2.24. The molecule has 0 saturated carbocycles. The number of nitrogens with one attached hydrogen (secondary N) is 1. The summed E-state index contributed by atoms with van der Waals surface area (Å²) in [5, 5.41) is 6.96. The van der Waals surface area contributed by atoms with Crippen molar-refractivity contribution in [3.8, 4) is 0 Å². The molecule has 0 aliphatic carbocycles. The molecule has 7 heteroatoms. The van der Waals surface area contributed by atoms with Crippen LogP contribution in [0.15, 0.2) is 61.2 Å². The van der Waals surface area contributed by atoms with Crippen LogP contribution < -0.4 is 5.32 Å². The third-order valence-corrected chi connectivity index (χ3v) is 4.73. The van der Waals surface area contributed by atoms with E-state index in [2.05, 4.69) is 15.4 Å². The smallest absolute Gasteiger partial charge is 0.255 e. The van der Waals surface area contributed by atoms with Gasteiger partial charge in [0.1, 0.15) is 18.7 Å². The highest BCUT2D eigenvalue weighted by molar-refractivity contribution is 6.03. The third kappa shape index (κ3) is 3.44. The van der Waals surface area contributed by atoms with E-state index in [0.29, 0.717) is 24.3 Å². The molecule has 7 nitrogen and oxygen atoms in total. The number of nitrogens with zero attached hydrogens (tertiary/aromatic N) is 4. The van der Waals surface area contributed by atoms with Crippen LogP contribution in [-0.4, -0.2) is 37.5 Å². The van der Waals surface area contributed by atoms with E-state index >= 15 is 0 Å². The number of hydrogen-bond donors (Lipinski definition) is 1. The van der Waals surface area contributed by atoms with E-state index in [9.17, 15) is 9.59 Å². The summed E-state index contributed by atoms with van der Waals surface area (Å²) >= 11 is 0. The summed E-state index contributed by atoms with van der Waals surface area (Å²) in [4.78, 5) is 30.6. The molecule has 0 radical (unpaired) electrons. The fourth-order valence-corrected chi connectivity index (χ4v) is 3.17. The molecule has 1 atom stereocenters. The Balaban J connectivity index is 1.39. The summed E-state index contributed by atoms with van der Waals surface area (Å²) < 4.78 is 1.73. The quantitative estimate of drug-likeness (QED) is 0.756. The van der Waals surface area contributed by atoms with Crippen LogP contribution in [0.1, 0.15) is 28.4 Å². The second-order valence-electron chi connectivity index (χ2n) is 6.55. The van der Waals surface area contributed by atoms with Crippen LogP contribution in [0.3, 0.4) is 0 Å². The normalized spacial score (nSPS) is 14.1. The molecule has 1 N–H and O–H groups in total. The van der Waals surface area contributed by atoms with Gasteiger partial charge in [-0.1, -0.05) is 30.3 Å². The van der Waals surface area contributed by atoms with Gasteiger partial charge in [0.2, 0.25) is 5.91 Å². The molecule has 1 aliphatic heterocycles. The molecule has 0 fully saturated rings. The van der Waals surface area contributed by atoms with Crippen LogP contribution >= 0.6 is 0 Å². The highest BCUT2D eigenvalue weighted by Gasteiger charge is 2.33. The van der Waals surface area contributed by atoms with Crippen LogP contribution in [0, 0.1) is 0 Å². The molecule has 4 rings (SSSR count). The summed E-state index contributed by atoms with van der Waals surface area (Å²) in [6.45, 7) is 2.82. The van der Waals surface area contributed by atoms with E-state index in [1.54, 1.807) is 28.9 Å². The molecule has 2 aromatic carbocycles. The Hall–Kier alpha value is -3.48. The minimum atomic E-state index is -0.556. The first-order chi connectivity index (χ1) is 13.1. The molecular weight excluding hydrogens is 342 g/mol. The fourth-order valence-electron chi connectivity index (χ4n) is 3.17. The van der Waals surface area contributed by atoms with Gasteiger partial charge in [0.05, 0.1) is 6.54 Å². The van der Waals surface area contributed by atoms with E-state index in [1.165, 1.54) is 6.33 Å². The summed E-state index contributed by atoms with van der Waals surface area (Å²) in [6, 6.07) is 14.5. The highest BCUT2D eigenvalue weighted by atomic mass is 16.2. The van der Waals surface area contributed by atoms with Crippen LogP contribution in [0.5, 0.6) is 0 Å². The summed E-state index contributed by atoms with van der Waals surface area (Å²) in [6.07, 6.45) is 3.15. The molecule has 0 bridgehead atoms. The maximum atomic E-state index is 12.6. The second kappa shape index (κ2) is 7.03. The Morgan fingerprint density at radius 3 is 2.67 bits per heavy atom. The Morgan fingerprint density at radius 2 is 1.96 bits per heavy atom. The first-order valence-corrected chi connectivity index (χ1v) is 8.73. The first kappa shape index (κ1) is 17.0. The number of hydrogen-bond acceptors (Lipinski definition) is 4. The number of fused-ring (bicyclic) bond motifs is 1. The van der Waals surface area contributed by atoms with Gasteiger partial charge in [-0.3, -0.25) is 9.59 Å². The van der Waals surface area contributed by atoms with Gasteiger partial charge in [0.25, 0.3) is 5.91 Å². The molecule has 1 aliphatic rings. The van der Waals surface area contributed by atoms with Crippen molar-refractivity contribution in [3.05, 3.63) is 77.9 Å². The average Bonchev–Trinajstić information content (AvgIpc) is 3.31. The number of carbonyl (C=O) groups is 2. The Labute approximate surface area is 156 Å². The summed E-state index contributed by atoms with van der Waals surface area (Å²) in [5.74, 6) is -0.309. The lowest BCUT2D eigenvalue weighted by Crippen LogP contribution is -2.42. The van der Waals surface area contributed by atoms with Gasteiger partial charge < -0.3 is 10.2 Å². The lowest BCUT2D eigenvalue weighted by molar-refractivity contribution is -0.120. The summed E-state index contributed by atoms with van der Waals surface area (Å²) in [5.41, 5.74) is 3.38. The van der Waals surface area contributed by atoms with Gasteiger partial charge in [-0.2, -0.15) is 5.10 Å². The predicted molar refractivity (Wildman–Crippen MR) is 100.0 cm³/mol. The zero-order valence-electron chi connectivity index (χ0n) is 14.9. The summed E-state index contributed by atoms with van der Waals surface area (Å²) in [7, 11) is 0. The van der Waals surface area contributed by atoms with Crippen molar-refractivity contribution in [3.63, 3.8) is 0 Å². The number of carbonyl (C=O) groups excluding carboxylic acids is 2. The van der Waals surface area contributed by atoms with E-state index in [-0.39, 0.29) is 11.8 Å². The first-order valence-electron chi connectivity index (χ1n) is 8.73. The van der Waals surface area contributed by atoms with Gasteiger partial charge in [0.15, 0.2) is 0 Å². The lowest BCUT2D eigenvalue weighted by atomic mass is 10.1. The molecule has 2 heterocycles. The molecule has 0 spiro atoms. The number of amides is 2. The molecule has 2 amide bonds. The Kier molecular flexibility index (Phi) is 4.42. The zero-order valence-corrected chi connectivity index (χ0v) is 14.9. The van der Waals surface area contributed by atoms with Crippen LogP contribution in [0.2, 0.25) is 0 Å². The molecule has 0 saturated heterocycles. The zero-order chi connectivity index (χ0) is 18.8. The Morgan fingerprint density at radius 1 is 1.19 bits per heavy atom. The van der Waals surface area contributed by atoms with Crippen LogP contribution in [-0.2, 0) is 17.9 Å². The monoisotopic (exact) mass is 361 g/mol. The number of anilines is 1. The molecule has 0 unspecified atom stereocenters. The Bertz CT molecular complexity index is 966. The molecule has 136 valence electrons. The third-order valence-electron chi connectivity index (χ3n) is 4.73. The van der Waals surface area contributed by atoms with Crippen LogP contribution in [0.25, 0.3) is 0 Å². The number of aromatic nitrogens is 3. The lowest BCUT2D eigenvalue weighted by Gasteiger charge is -2.23. The van der Waals surface area contributed by atoms with E-state index < -0.39 is 6.04 Å². The van der Waals surface area contributed by atoms with Crippen molar-refractivity contribution in [2.75, 3.05) is 5.32 Å². The van der Waals surface area contributed by atoms with Crippen molar-refractivity contribution < 1.29 is 9.59 Å². The van der Waals surface area contributed by atoms with Gasteiger partial charge in [-0.05, 0) is 36.2 Å². The van der Waals surface area contributed by atoms with Crippen molar-refractivity contribution >= 4 is 17.5 Å². The molecular formula is C20H19N5O2. The van der Waals surface area contributed by atoms with Crippen molar-refractivity contribution in [1.29, 1.82) is 0 Å². The van der Waals surface area contributed by atoms with Gasteiger partial charge in [-0.25, -0.2) is 9.67 Å². The molecule has 27 heavy (non-hydrogen) atoms. The molecule has 3 aromatic rings. The van der Waals surface area contributed by atoms with Crippen molar-refractivity contribution in [1.82, 2.24) is 19.7 Å².